The van der Waals surface area contributed by atoms with Gasteiger partial charge in [0.05, 0.1) is 24.1 Å². The highest BCUT2D eigenvalue weighted by Crippen LogP contribution is 2.35. The zero-order valence-corrected chi connectivity index (χ0v) is 15.4. The minimum Gasteiger partial charge on any atom is -0.495 e. The Kier molecular flexibility index (Phi) is 3.80. The number of aromatic amines is 1. The predicted octanol–water partition coefficient (Wildman–Crippen LogP) is 4.52. The standard InChI is InChI=1S/C22H18N4O2/c1-27-22-15(10-23)7-8-17-16(22)9-18(24-17)19-11-26-20(12-28-13-21(26)25-19)14-5-3-2-4-6-14/h2-3,5,7-9,11-12,24H,4,6,13H2,1H3. The molecule has 0 atom stereocenters. The van der Waals surface area contributed by atoms with Crippen LogP contribution in [-0.4, -0.2) is 21.6 Å². The molecule has 6 heteroatoms. The van der Waals surface area contributed by atoms with Gasteiger partial charge >= 0.3 is 0 Å². The minimum atomic E-state index is 0.439. The van der Waals surface area contributed by atoms with Gasteiger partial charge in [0.1, 0.15) is 30.4 Å². The van der Waals surface area contributed by atoms with Crippen LogP contribution in [0.1, 0.15) is 24.2 Å². The van der Waals surface area contributed by atoms with Gasteiger partial charge in [-0.3, -0.25) is 4.57 Å². The molecule has 2 aliphatic rings. The van der Waals surface area contributed by atoms with Crippen molar-refractivity contribution in [3.05, 3.63) is 65.8 Å². The van der Waals surface area contributed by atoms with Crippen LogP contribution in [-0.2, 0) is 11.3 Å². The molecule has 1 aliphatic heterocycles. The third-order valence-electron chi connectivity index (χ3n) is 5.14. The fourth-order valence-corrected chi connectivity index (χ4v) is 3.78. The zero-order chi connectivity index (χ0) is 19.1. The molecule has 0 fully saturated rings. The van der Waals surface area contributed by atoms with Crippen molar-refractivity contribution in [2.45, 2.75) is 19.4 Å². The second-order valence-corrected chi connectivity index (χ2v) is 6.79. The number of nitrogens with zero attached hydrogens (tertiary/aromatic N) is 3. The Balaban J connectivity index is 1.60. The lowest BCUT2D eigenvalue weighted by atomic mass is 10.0. The summed E-state index contributed by atoms with van der Waals surface area (Å²) in [7, 11) is 1.58. The van der Waals surface area contributed by atoms with E-state index in [2.05, 4.69) is 33.8 Å². The quantitative estimate of drug-likeness (QED) is 0.736. The summed E-state index contributed by atoms with van der Waals surface area (Å²) in [6.45, 7) is 0.439. The summed E-state index contributed by atoms with van der Waals surface area (Å²) in [5.74, 6) is 1.45. The van der Waals surface area contributed by atoms with E-state index in [0.29, 0.717) is 17.9 Å². The smallest absolute Gasteiger partial charge is 0.152 e. The molecule has 0 bridgehead atoms. The van der Waals surface area contributed by atoms with Crippen LogP contribution in [0.4, 0.5) is 0 Å². The molecule has 0 unspecified atom stereocenters. The molecule has 0 radical (unpaired) electrons. The van der Waals surface area contributed by atoms with E-state index in [-0.39, 0.29) is 0 Å². The molecular weight excluding hydrogens is 352 g/mol. The first-order valence-corrected chi connectivity index (χ1v) is 9.15. The molecule has 0 spiro atoms. The van der Waals surface area contributed by atoms with Crippen molar-refractivity contribution in [2.75, 3.05) is 7.11 Å². The Hall–Kier alpha value is -3.72. The van der Waals surface area contributed by atoms with Gasteiger partial charge in [-0.2, -0.15) is 5.26 Å². The average Bonchev–Trinajstić information content (AvgIpc) is 3.37. The molecule has 138 valence electrons. The van der Waals surface area contributed by atoms with Gasteiger partial charge in [-0.25, -0.2) is 4.98 Å². The van der Waals surface area contributed by atoms with Gasteiger partial charge in [0.25, 0.3) is 0 Å². The molecule has 3 aromatic rings. The number of rotatable bonds is 3. The van der Waals surface area contributed by atoms with Crippen LogP contribution in [0.2, 0.25) is 0 Å². The van der Waals surface area contributed by atoms with Crippen molar-refractivity contribution >= 4 is 16.6 Å². The third-order valence-corrected chi connectivity index (χ3v) is 5.14. The molecule has 2 aromatic heterocycles. The lowest BCUT2D eigenvalue weighted by Gasteiger charge is -2.20. The van der Waals surface area contributed by atoms with E-state index in [1.54, 1.807) is 13.2 Å². The predicted molar refractivity (Wildman–Crippen MR) is 106 cm³/mol. The number of fused-ring (bicyclic) bond motifs is 2. The number of methoxy groups -OCH3 is 1. The third kappa shape index (κ3) is 2.52. The number of nitrogens with one attached hydrogen (secondary N) is 1. The molecule has 0 saturated heterocycles. The maximum Gasteiger partial charge on any atom is 0.152 e. The Morgan fingerprint density at radius 2 is 2.29 bits per heavy atom. The highest BCUT2D eigenvalue weighted by molar-refractivity contribution is 5.92. The van der Waals surface area contributed by atoms with Crippen LogP contribution < -0.4 is 4.74 Å². The first-order chi connectivity index (χ1) is 13.8. The molecule has 28 heavy (non-hydrogen) atoms. The van der Waals surface area contributed by atoms with E-state index < -0.39 is 0 Å². The first kappa shape index (κ1) is 16.5. The molecule has 3 heterocycles. The van der Waals surface area contributed by atoms with E-state index in [1.165, 1.54) is 5.57 Å². The highest BCUT2D eigenvalue weighted by atomic mass is 16.5. The lowest BCUT2D eigenvalue weighted by molar-refractivity contribution is 0.217. The van der Waals surface area contributed by atoms with Gasteiger partial charge in [0.15, 0.2) is 5.82 Å². The van der Waals surface area contributed by atoms with Crippen LogP contribution >= 0.6 is 0 Å². The summed E-state index contributed by atoms with van der Waals surface area (Å²) in [4.78, 5) is 8.16. The summed E-state index contributed by atoms with van der Waals surface area (Å²) in [6, 6.07) is 7.81. The van der Waals surface area contributed by atoms with Crippen molar-refractivity contribution in [1.82, 2.24) is 14.5 Å². The van der Waals surface area contributed by atoms with Crippen LogP contribution in [0.3, 0.4) is 0 Å². The zero-order valence-electron chi connectivity index (χ0n) is 15.4. The van der Waals surface area contributed by atoms with Crippen molar-refractivity contribution in [3.63, 3.8) is 0 Å². The summed E-state index contributed by atoms with van der Waals surface area (Å²) in [6.07, 6.45) is 12.2. The van der Waals surface area contributed by atoms with E-state index in [0.717, 1.165) is 46.7 Å². The number of H-pyrrole nitrogens is 1. The largest absolute Gasteiger partial charge is 0.495 e. The normalized spacial score (nSPS) is 15.4. The highest BCUT2D eigenvalue weighted by Gasteiger charge is 2.21. The number of nitriles is 1. The van der Waals surface area contributed by atoms with Gasteiger partial charge < -0.3 is 14.5 Å². The molecular formula is C22H18N4O2. The Morgan fingerprint density at radius 3 is 3.07 bits per heavy atom. The lowest BCUT2D eigenvalue weighted by Crippen LogP contribution is -2.11. The van der Waals surface area contributed by atoms with Gasteiger partial charge in [-0.05, 0) is 36.6 Å². The second kappa shape index (κ2) is 6.46. The van der Waals surface area contributed by atoms with E-state index >= 15 is 0 Å². The number of hydrogen-bond acceptors (Lipinski definition) is 4. The van der Waals surface area contributed by atoms with Gasteiger partial charge in [0.2, 0.25) is 0 Å². The molecule has 1 aromatic carbocycles. The Bertz CT molecular complexity index is 1220. The fraction of sp³-hybridized carbons (Fsp3) is 0.182. The number of imidazole rings is 1. The number of benzene rings is 1. The second-order valence-electron chi connectivity index (χ2n) is 6.79. The Morgan fingerprint density at radius 1 is 1.36 bits per heavy atom. The number of hydrogen-bond donors (Lipinski definition) is 1. The fourth-order valence-electron chi connectivity index (χ4n) is 3.78. The maximum atomic E-state index is 9.31. The van der Waals surface area contributed by atoms with Crippen molar-refractivity contribution < 1.29 is 9.47 Å². The van der Waals surface area contributed by atoms with Crippen LogP contribution in [0.15, 0.2) is 54.5 Å². The summed E-state index contributed by atoms with van der Waals surface area (Å²) < 4.78 is 13.2. The number of ether oxygens (including phenoxy) is 2. The van der Waals surface area contributed by atoms with Crippen molar-refractivity contribution in [3.8, 4) is 23.2 Å². The molecule has 0 amide bonds. The monoisotopic (exact) mass is 370 g/mol. The van der Waals surface area contributed by atoms with E-state index in [4.69, 9.17) is 14.5 Å². The Labute approximate surface area is 162 Å². The molecule has 0 saturated carbocycles. The molecule has 1 aliphatic carbocycles. The summed E-state index contributed by atoms with van der Waals surface area (Å²) in [5.41, 5.74) is 5.40. The molecule has 1 N–H and O–H groups in total. The van der Waals surface area contributed by atoms with Crippen molar-refractivity contribution in [2.24, 2.45) is 0 Å². The van der Waals surface area contributed by atoms with Crippen LogP contribution in [0.25, 0.3) is 28.0 Å². The first-order valence-electron chi connectivity index (χ1n) is 9.15. The van der Waals surface area contributed by atoms with E-state index in [9.17, 15) is 5.26 Å². The van der Waals surface area contributed by atoms with Gasteiger partial charge in [-0.1, -0.05) is 18.2 Å². The van der Waals surface area contributed by atoms with Gasteiger partial charge in [-0.15, -0.1) is 0 Å². The van der Waals surface area contributed by atoms with E-state index in [1.807, 2.05) is 24.6 Å². The maximum absolute atomic E-state index is 9.31. The van der Waals surface area contributed by atoms with Gasteiger partial charge in [0, 0.05) is 17.1 Å². The van der Waals surface area contributed by atoms with Crippen LogP contribution in [0.5, 0.6) is 5.75 Å². The minimum absolute atomic E-state index is 0.439. The van der Waals surface area contributed by atoms with Crippen molar-refractivity contribution in [1.29, 1.82) is 5.26 Å². The topological polar surface area (TPSA) is 75.9 Å². The molecule has 5 rings (SSSR count). The summed E-state index contributed by atoms with van der Waals surface area (Å²) in [5, 5.41) is 10.2. The number of aromatic nitrogens is 3. The number of allylic oxidation sites excluding steroid dienone is 5. The average molecular weight is 370 g/mol. The molecule has 6 nitrogen and oxygen atoms in total. The SMILES string of the molecule is COc1c(C#N)ccc2[nH]c(-c3cn4c(n3)COC=C4C3=CC=CCC3)cc12. The van der Waals surface area contributed by atoms with Crippen LogP contribution in [0, 0.1) is 11.3 Å². The summed E-state index contributed by atoms with van der Waals surface area (Å²) >= 11 is 0.